The second-order valence-electron chi connectivity index (χ2n) is 5.15. The van der Waals surface area contributed by atoms with E-state index in [-0.39, 0.29) is 23.9 Å². The van der Waals surface area contributed by atoms with Crippen LogP contribution in [-0.2, 0) is 4.79 Å². The maximum Gasteiger partial charge on any atom is 0.240 e. The molecule has 17 heavy (non-hydrogen) atoms. The molecule has 0 aromatic carbocycles. The number of rotatable bonds is 7. The number of amides is 1. The summed E-state index contributed by atoms with van der Waals surface area (Å²) < 4.78 is 0. The summed E-state index contributed by atoms with van der Waals surface area (Å²) in [6.07, 6.45) is 0.937. The first-order chi connectivity index (χ1) is 7.84. The lowest BCUT2D eigenvalue weighted by atomic mass is 9.98. The van der Waals surface area contributed by atoms with Crippen LogP contribution in [0.1, 0.15) is 34.1 Å². The SMILES string of the molecule is CCC(C)[C@H](N)C(=O)N(CC)C(C)CN(C)C. The van der Waals surface area contributed by atoms with Crippen molar-refractivity contribution in [3.05, 3.63) is 0 Å². The molecule has 0 aliphatic rings. The zero-order valence-electron chi connectivity index (χ0n) is 12.2. The van der Waals surface area contributed by atoms with Gasteiger partial charge in [0.05, 0.1) is 6.04 Å². The van der Waals surface area contributed by atoms with E-state index in [1.807, 2.05) is 32.8 Å². The molecule has 0 aromatic rings. The molecule has 0 spiro atoms. The number of nitrogens with two attached hydrogens (primary N) is 1. The van der Waals surface area contributed by atoms with Crippen LogP contribution in [-0.4, -0.2) is 55.0 Å². The Bertz CT molecular complexity index is 231. The fourth-order valence-electron chi connectivity index (χ4n) is 2.00. The number of hydrogen-bond donors (Lipinski definition) is 1. The zero-order valence-corrected chi connectivity index (χ0v) is 12.2. The molecule has 1 amide bonds. The van der Waals surface area contributed by atoms with Crippen LogP contribution in [0.25, 0.3) is 0 Å². The topological polar surface area (TPSA) is 49.6 Å². The molecule has 0 aliphatic carbocycles. The van der Waals surface area contributed by atoms with Crippen molar-refractivity contribution in [2.45, 2.75) is 46.2 Å². The van der Waals surface area contributed by atoms with Crippen molar-refractivity contribution in [3.63, 3.8) is 0 Å². The first kappa shape index (κ1) is 16.4. The van der Waals surface area contributed by atoms with Gasteiger partial charge in [0, 0.05) is 19.1 Å². The van der Waals surface area contributed by atoms with Gasteiger partial charge >= 0.3 is 0 Å². The fourth-order valence-corrected chi connectivity index (χ4v) is 2.00. The van der Waals surface area contributed by atoms with Crippen molar-refractivity contribution in [2.75, 3.05) is 27.2 Å². The van der Waals surface area contributed by atoms with Crippen LogP contribution in [0.4, 0.5) is 0 Å². The summed E-state index contributed by atoms with van der Waals surface area (Å²) >= 11 is 0. The molecule has 4 heteroatoms. The Balaban J connectivity index is 4.59. The second-order valence-corrected chi connectivity index (χ2v) is 5.15. The lowest BCUT2D eigenvalue weighted by molar-refractivity contribution is -0.135. The van der Waals surface area contributed by atoms with Gasteiger partial charge in [0.25, 0.3) is 0 Å². The molecule has 0 aromatic heterocycles. The van der Waals surface area contributed by atoms with E-state index >= 15 is 0 Å². The Morgan fingerprint density at radius 2 is 1.76 bits per heavy atom. The van der Waals surface area contributed by atoms with Crippen LogP contribution < -0.4 is 5.73 Å². The van der Waals surface area contributed by atoms with Crippen molar-refractivity contribution in [1.29, 1.82) is 0 Å². The van der Waals surface area contributed by atoms with Crippen molar-refractivity contribution in [2.24, 2.45) is 11.7 Å². The Morgan fingerprint density at radius 1 is 1.24 bits per heavy atom. The quantitative estimate of drug-likeness (QED) is 0.730. The highest BCUT2D eigenvalue weighted by molar-refractivity contribution is 5.82. The minimum atomic E-state index is -0.371. The van der Waals surface area contributed by atoms with Gasteiger partial charge in [-0.15, -0.1) is 0 Å². The Labute approximate surface area is 106 Å². The van der Waals surface area contributed by atoms with Crippen molar-refractivity contribution < 1.29 is 4.79 Å². The first-order valence-corrected chi connectivity index (χ1v) is 6.55. The molecule has 0 bridgehead atoms. The Kier molecular flexibility index (Phi) is 7.39. The van der Waals surface area contributed by atoms with Gasteiger partial charge in [-0.05, 0) is 33.9 Å². The summed E-state index contributed by atoms with van der Waals surface area (Å²) in [4.78, 5) is 16.3. The van der Waals surface area contributed by atoms with Gasteiger partial charge in [0.2, 0.25) is 5.91 Å². The summed E-state index contributed by atoms with van der Waals surface area (Å²) in [5, 5.41) is 0. The standard InChI is InChI=1S/C13H29N3O/c1-7-10(3)12(14)13(17)16(8-2)11(4)9-15(5)6/h10-12H,7-9,14H2,1-6H3/t10?,11?,12-/m0/s1. The zero-order chi connectivity index (χ0) is 13.6. The maximum absolute atomic E-state index is 12.3. The van der Waals surface area contributed by atoms with Crippen LogP contribution in [0.3, 0.4) is 0 Å². The molecular weight excluding hydrogens is 214 g/mol. The number of carbonyl (C=O) groups excluding carboxylic acids is 1. The first-order valence-electron chi connectivity index (χ1n) is 6.55. The van der Waals surface area contributed by atoms with Crippen molar-refractivity contribution in [3.8, 4) is 0 Å². The third-order valence-electron chi connectivity index (χ3n) is 3.33. The highest BCUT2D eigenvalue weighted by Gasteiger charge is 2.27. The Morgan fingerprint density at radius 3 is 2.12 bits per heavy atom. The highest BCUT2D eigenvalue weighted by atomic mass is 16.2. The number of carbonyl (C=O) groups is 1. The lowest BCUT2D eigenvalue weighted by Gasteiger charge is -2.33. The average Bonchev–Trinajstić information content (AvgIpc) is 2.26. The lowest BCUT2D eigenvalue weighted by Crippen LogP contribution is -2.52. The number of nitrogens with zero attached hydrogens (tertiary/aromatic N) is 2. The molecule has 4 nitrogen and oxygen atoms in total. The predicted molar refractivity (Wildman–Crippen MR) is 72.8 cm³/mol. The fraction of sp³-hybridized carbons (Fsp3) is 0.923. The van der Waals surface area contributed by atoms with Gasteiger partial charge in [0.15, 0.2) is 0 Å². The third-order valence-corrected chi connectivity index (χ3v) is 3.33. The number of hydrogen-bond acceptors (Lipinski definition) is 3. The maximum atomic E-state index is 12.3. The van der Waals surface area contributed by atoms with Gasteiger partial charge in [0.1, 0.15) is 0 Å². The van der Waals surface area contributed by atoms with Crippen LogP contribution >= 0.6 is 0 Å². The molecule has 0 aliphatic heterocycles. The van der Waals surface area contributed by atoms with E-state index in [4.69, 9.17) is 5.73 Å². The van der Waals surface area contributed by atoms with Crippen LogP contribution in [0.5, 0.6) is 0 Å². The predicted octanol–water partition coefficient (Wildman–Crippen LogP) is 1.16. The molecule has 102 valence electrons. The second kappa shape index (κ2) is 7.67. The molecule has 3 atom stereocenters. The van der Waals surface area contributed by atoms with E-state index in [0.717, 1.165) is 19.5 Å². The van der Waals surface area contributed by atoms with Crippen LogP contribution in [0, 0.1) is 5.92 Å². The highest BCUT2D eigenvalue weighted by Crippen LogP contribution is 2.11. The molecular formula is C13H29N3O. The van der Waals surface area contributed by atoms with Gasteiger partial charge in [-0.1, -0.05) is 20.3 Å². The van der Waals surface area contributed by atoms with E-state index in [1.54, 1.807) is 0 Å². The molecule has 2 N–H and O–H groups in total. The monoisotopic (exact) mass is 243 g/mol. The summed E-state index contributed by atoms with van der Waals surface area (Å²) in [5.74, 6) is 0.319. The van der Waals surface area contributed by atoms with E-state index in [0.29, 0.717) is 0 Å². The van der Waals surface area contributed by atoms with Gasteiger partial charge in [-0.3, -0.25) is 4.79 Å². The summed E-state index contributed by atoms with van der Waals surface area (Å²) in [6.45, 7) is 9.77. The Hall–Kier alpha value is -0.610. The minimum absolute atomic E-state index is 0.0798. The summed E-state index contributed by atoms with van der Waals surface area (Å²) in [6, 6.07) is -0.165. The van der Waals surface area contributed by atoms with Crippen LogP contribution in [0.2, 0.25) is 0 Å². The molecule has 0 saturated carbocycles. The van der Waals surface area contributed by atoms with E-state index in [9.17, 15) is 4.79 Å². The van der Waals surface area contributed by atoms with Crippen LogP contribution in [0.15, 0.2) is 0 Å². The minimum Gasteiger partial charge on any atom is -0.338 e. The summed E-state index contributed by atoms with van der Waals surface area (Å²) in [5.41, 5.74) is 6.01. The third kappa shape index (κ3) is 5.04. The molecule has 0 saturated heterocycles. The average molecular weight is 243 g/mol. The van der Waals surface area contributed by atoms with E-state index in [1.165, 1.54) is 0 Å². The molecule has 0 fully saturated rings. The molecule has 2 unspecified atom stereocenters. The molecule has 0 heterocycles. The van der Waals surface area contributed by atoms with Gasteiger partial charge < -0.3 is 15.5 Å². The molecule has 0 radical (unpaired) electrons. The summed E-state index contributed by atoms with van der Waals surface area (Å²) in [7, 11) is 4.03. The van der Waals surface area contributed by atoms with Crippen molar-refractivity contribution in [1.82, 2.24) is 9.80 Å². The largest absolute Gasteiger partial charge is 0.338 e. The normalized spacial score (nSPS) is 16.7. The number of likely N-dealkylation sites (N-methyl/N-ethyl adjacent to an activating group) is 2. The van der Waals surface area contributed by atoms with Gasteiger partial charge in [-0.25, -0.2) is 0 Å². The van der Waals surface area contributed by atoms with E-state index in [2.05, 4.69) is 18.7 Å². The van der Waals surface area contributed by atoms with Crippen molar-refractivity contribution >= 4 is 5.91 Å². The smallest absolute Gasteiger partial charge is 0.240 e. The van der Waals surface area contributed by atoms with Gasteiger partial charge in [-0.2, -0.15) is 0 Å². The van der Waals surface area contributed by atoms with E-state index < -0.39 is 0 Å². The molecule has 0 rings (SSSR count).